The van der Waals surface area contributed by atoms with E-state index in [0.29, 0.717) is 5.02 Å². The number of nitrogens with one attached hydrogen (secondary N) is 2. The Morgan fingerprint density at radius 2 is 1.93 bits per heavy atom. The summed E-state index contributed by atoms with van der Waals surface area (Å²) in [6.07, 6.45) is -4.56. The molecule has 1 aromatic carbocycles. The van der Waals surface area contributed by atoms with Crippen LogP contribution < -0.4 is 10.6 Å². The second-order valence-corrected chi connectivity index (χ2v) is 6.27. The van der Waals surface area contributed by atoms with Crippen molar-refractivity contribution in [2.45, 2.75) is 12.7 Å². The molecule has 0 spiro atoms. The topological polar surface area (TPSA) is 83.6 Å². The summed E-state index contributed by atoms with van der Waals surface area (Å²) in [6, 6.07) is 8.50. The number of hydrogen-bond acceptors (Lipinski definition) is 4. The molecule has 3 amide bonds. The highest BCUT2D eigenvalue weighted by Crippen LogP contribution is 2.27. The molecule has 0 bridgehead atoms. The smallest absolute Gasteiger partial charge is 0.433 e. The average molecular weight is 431 g/mol. The van der Waals surface area contributed by atoms with Crippen molar-refractivity contribution in [2.24, 2.45) is 0 Å². The summed E-state index contributed by atoms with van der Waals surface area (Å²) >= 11 is 6.01. The maximum absolute atomic E-state index is 12.4. The Labute approximate surface area is 169 Å². The second-order valence-electron chi connectivity index (χ2n) is 5.86. The highest BCUT2D eigenvalue weighted by molar-refractivity contribution is 6.31. The number of anilines is 1. The predicted octanol–water partition coefficient (Wildman–Crippen LogP) is 4.14. The van der Waals surface area contributed by atoms with E-state index in [9.17, 15) is 22.8 Å². The number of carbonyl (C=O) groups is 2. The summed E-state index contributed by atoms with van der Waals surface area (Å²) in [6.45, 7) is 0.230. The van der Waals surface area contributed by atoms with Crippen molar-refractivity contribution in [3.63, 3.8) is 0 Å². The molecule has 2 N–H and O–H groups in total. The van der Waals surface area contributed by atoms with Gasteiger partial charge in [-0.05, 0) is 23.8 Å². The molecule has 7 nitrogen and oxygen atoms in total. The summed E-state index contributed by atoms with van der Waals surface area (Å²) in [5.74, 6) is 0. The van der Waals surface area contributed by atoms with Gasteiger partial charge in [0.05, 0.1) is 18.4 Å². The number of benzene rings is 1. The lowest BCUT2D eigenvalue weighted by molar-refractivity contribution is -0.141. The molecule has 0 aliphatic carbocycles. The van der Waals surface area contributed by atoms with Gasteiger partial charge in [0.25, 0.3) is 0 Å². The Kier molecular flexibility index (Phi) is 7.66. The van der Waals surface area contributed by atoms with Gasteiger partial charge < -0.3 is 15.0 Å². The first-order valence-electron chi connectivity index (χ1n) is 8.36. The summed E-state index contributed by atoms with van der Waals surface area (Å²) in [5.41, 5.74) is -0.258. The molecule has 1 heterocycles. The van der Waals surface area contributed by atoms with E-state index >= 15 is 0 Å². The van der Waals surface area contributed by atoms with Gasteiger partial charge in [-0.15, -0.1) is 0 Å². The molecule has 0 aliphatic rings. The molecule has 0 radical (unpaired) electrons. The first-order valence-corrected chi connectivity index (χ1v) is 8.74. The second kappa shape index (κ2) is 9.97. The fourth-order valence-electron chi connectivity index (χ4n) is 2.11. The predicted molar refractivity (Wildman–Crippen MR) is 101 cm³/mol. The van der Waals surface area contributed by atoms with Crippen molar-refractivity contribution in [3.8, 4) is 0 Å². The fourth-order valence-corrected chi connectivity index (χ4v) is 2.32. The molecule has 0 unspecified atom stereocenters. The van der Waals surface area contributed by atoms with Crippen LogP contribution in [0.3, 0.4) is 0 Å². The van der Waals surface area contributed by atoms with Crippen LogP contribution in [0.5, 0.6) is 0 Å². The summed E-state index contributed by atoms with van der Waals surface area (Å²) < 4.78 is 42.2. The van der Waals surface area contributed by atoms with E-state index < -0.39 is 18.0 Å². The highest BCUT2D eigenvalue weighted by atomic mass is 35.5. The van der Waals surface area contributed by atoms with Crippen LogP contribution in [0, 0.1) is 0 Å². The van der Waals surface area contributed by atoms with E-state index in [2.05, 4.69) is 15.6 Å². The third kappa shape index (κ3) is 7.15. The number of alkyl halides is 3. The van der Waals surface area contributed by atoms with Crippen LogP contribution >= 0.6 is 11.6 Å². The molecule has 0 atom stereocenters. The van der Waals surface area contributed by atoms with Crippen molar-refractivity contribution in [2.75, 3.05) is 25.5 Å². The van der Waals surface area contributed by atoms with Crippen LogP contribution in [0.2, 0.25) is 5.02 Å². The molecule has 2 rings (SSSR count). The number of carbonyl (C=O) groups excluding carboxylic acids is 2. The number of pyridine rings is 1. The van der Waals surface area contributed by atoms with Gasteiger partial charge in [0.2, 0.25) is 0 Å². The third-order valence-corrected chi connectivity index (χ3v) is 4.06. The Morgan fingerprint density at radius 1 is 1.21 bits per heavy atom. The van der Waals surface area contributed by atoms with Crippen LogP contribution in [-0.4, -0.2) is 42.2 Å². The molecule has 0 fully saturated rings. The zero-order chi connectivity index (χ0) is 21.4. The zero-order valence-electron chi connectivity index (χ0n) is 15.3. The van der Waals surface area contributed by atoms with Gasteiger partial charge in [0.1, 0.15) is 12.3 Å². The zero-order valence-corrected chi connectivity index (χ0v) is 16.0. The Bertz CT molecular complexity index is 847. The summed E-state index contributed by atoms with van der Waals surface area (Å²) in [5, 5.41) is 5.47. The number of amides is 3. The SMILES string of the molecule is CN(CCOC(=O)Nc1ccc(C(F)(F)F)nc1)C(=O)NCc1ccccc1Cl. The molecule has 29 heavy (non-hydrogen) atoms. The number of rotatable bonds is 6. The molecular weight excluding hydrogens is 413 g/mol. The minimum Gasteiger partial charge on any atom is -0.447 e. The van der Waals surface area contributed by atoms with Gasteiger partial charge >= 0.3 is 18.3 Å². The summed E-state index contributed by atoms with van der Waals surface area (Å²) in [4.78, 5) is 28.2. The number of likely N-dealkylation sites (N-methyl/N-ethyl adjacent to an activating group) is 1. The maximum atomic E-state index is 12.4. The Hall–Kier alpha value is -3.01. The Balaban J connectivity index is 1.71. The summed E-state index contributed by atoms with van der Waals surface area (Å²) in [7, 11) is 1.52. The lowest BCUT2D eigenvalue weighted by atomic mass is 10.2. The average Bonchev–Trinajstić information content (AvgIpc) is 2.66. The number of ether oxygens (including phenoxy) is 1. The number of halogens is 4. The van der Waals surface area contributed by atoms with Gasteiger partial charge in [0.15, 0.2) is 0 Å². The first-order chi connectivity index (χ1) is 13.7. The molecule has 2 aromatic rings. The van der Waals surface area contributed by atoms with E-state index in [0.717, 1.165) is 23.9 Å². The van der Waals surface area contributed by atoms with E-state index in [1.54, 1.807) is 24.3 Å². The Morgan fingerprint density at radius 3 is 2.55 bits per heavy atom. The van der Waals surface area contributed by atoms with Gasteiger partial charge in [-0.1, -0.05) is 29.8 Å². The molecule has 0 aliphatic heterocycles. The number of urea groups is 1. The van der Waals surface area contributed by atoms with Gasteiger partial charge in [-0.2, -0.15) is 13.2 Å². The number of aromatic nitrogens is 1. The number of nitrogens with zero attached hydrogens (tertiary/aromatic N) is 2. The normalized spacial score (nSPS) is 10.9. The van der Waals surface area contributed by atoms with Gasteiger partial charge in [-0.25, -0.2) is 14.6 Å². The number of hydrogen-bond donors (Lipinski definition) is 2. The molecule has 0 saturated carbocycles. The fraction of sp³-hybridized carbons (Fsp3) is 0.278. The largest absolute Gasteiger partial charge is 0.447 e. The van der Waals surface area contributed by atoms with E-state index in [1.807, 2.05) is 0 Å². The highest BCUT2D eigenvalue weighted by Gasteiger charge is 2.32. The minimum absolute atomic E-state index is 0.0498. The molecule has 156 valence electrons. The molecule has 0 saturated heterocycles. The van der Waals surface area contributed by atoms with Crippen molar-refractivity contribution in [3.05, 3.63) is 58.9 Å². The van der Waals surface area contributed by atoms with Crippen molar-refractivity contribution < 1.29 is 27.5 Å². The minimum atomic E-state index is -4.56. The van der Waals surface area contributed by atoms with Crippen molar-refractivity contribution >= 4 is 29.4 Å². The standard InChI is InChI=1S/C18H18ClF3N4O3/c1-26(16(27)24-10-12-4-2-3-5-14(12)19)8-9-29-17(28)25-13-6-7-15(23-11-13)18(20,21)22/h2-7,11H,8-10H2,1H3,(H,24,27)(H,25,28). The van der Waals surface area contributed by atoms with Gasteiger partial charge in [-0.3, -0.25) is 5.32 Å². The van der Waals surface area contributed by atoms with Crippen LogP contribution in [-0.2, 0) is 17.5 Å². The van der Waals surface area contributed by atoms with E-state index in [1.165, 1.54) is 11.9 Å². The van der Waals surface area contributed by atoms with Crippen LogP contribution in [0.4, 0.5) is 28.4 Å². The van der Waals surface area contributed by atoms with Gasteiger partial charge in [0, 0.05) is 18.6 Å². The monoisotopic (exact) mass is 430 g/mol. The first kappa shape index (κ1) is 22.3. The molecular formula is C18H18ClF3N4O3. The van der Waals surface area contributed by atoms with Crippen LogP contribution in [0.15, 0.2) is 42.6 Å². The van der Waals surface area contributed by atoms with E-state index in [-0.39, 0.29) is 31.4 Å². The lowest BCUT2D eigenvalue weighted by Gasteiger charge is -2.18. The third-order valence-electron chi connectivity index (χ3n) is 3.69. The maximum Gasteiger partial charge on any atom is 0.433 e. The quantitative estimate of drug-likeness (QED) is 0.721. The van der Waals surface area contributed by atoms with E-state index in [4.69, 9.17) is 16.3 Å². The van der Waals surface area contributed by atoms with Crippen LogP contribution in [0.25, 0.3) is 0 Å². The lowest BCUT2D eigenvalue weighted by Crippen LogP contribution is -2.39. The van der Waals surface area contributed by atoms with Crippen molar-refractivity contribution in [1.82, 2.24) is 15.2 Å². The van der Waals surface area contributed by atoms with Crippen LogP contribution in [0.1, 0.15) is 11.3 Å². The molecule has 11 heteroatoms. The molecule has 1 aromatic heterocycles. The van der Waals surface area contributed by atoms with Crippen molar-refractivity contribution in [1.29, 1.82) is 0 Å².